The van der Waals surface area contributed by atoms with E-state index in [1.54, 1.807) is 24.3 Å². The Morgan fingerprint density at radius 3 is 2.25 bits per heavy atom. The minimum Gasteiger partial charge on any atom is -0.478 e. The van der Waals surface area contributed by atoms with Crippen molar-refractivity contribution >= 4 is 17.5 Å². The molecule has 1 aliphatic rings. The van der Waals surface area contributed by atoms with Crippen LogP contribution in [-0.2, 0) is 10.6 Å². The summed E-state index contributed by atoms with van der Waals surface area (Å²) in [7, 11) is 0. The van der Waals surface area contributed by atoms with Crippen LogP contribution in [0.25, 0.3) is 0 Å². The number of benzene rings is 3. The molecule has 0 amide bonds. The topological polar surface area (TPSA) is 62.1 Å². The Morgan fingerprint density at radius 1 is 1.00 bits per heavy atom. The normalized spacial score (nSPS) is 18.5. The molecular weight excluding hydrogens is 359 g/mol. The molecule has 0 bridgehead atoms. The first kappa shape index (κ1) is 17.7. The summed E-state index contributed by atoms with van der Waals surface area (Å²) in [6.45, 7) is 1.88. The van der Waals surface area contributed by atoms with Gasteiger partial charge in [-0.2, -0.15) is 0 Å². The number of carbonyl (C=O) groups is 1. The Labute approximate surface area is 161 Å². The van der Waals surface area contributed by atoms with Crippen LogP contribution in [0.5, 0.6) is 0 Å². The molecule has 28 heavy (non-hydrogen) atoms. The molecule has 140 valence electrons. The number of aromatic carboxylic acids is 1. The Balaban J connectivity index is 1.81. The monoisotopic (exact) mass is 376 g/mol. The van der Waals surface area contributed by atoms with E-state index in [2.05, 4.69) is 5.16 Å². The molecule has 0 radical (unpaired) electrons. The van der Waals surface area contributed by atoms with E-state index in [-0.39, 0.29) is 11.4 Å². The summed E-state index contributed by atoms with van der Waals surface area (Å²) >= 11 is 0. The maximum atomic E-state index is 13.5. The van der Waals surface area contributed by atoms with E-state index >= 15 is 0 Å². The largest absolute Gasteiger partial charge is 0.478 e. The molecule has 4 rings (SSSR count). The van der Waals surface area contributed by atoms with Gasteiger partial charge in [-0.25, -0.2) is 9.18 Å². The molecule has 0 fully saturated rings. The van der Waals surface area contributed by atoms with Crippen molar-refractivity contribution in [2.24, 2.45) is 5.16 Å². The van der Waals surface area contributed by atoms with Crippen molar-refractivity contribution in [3.8, 4) is 0 Å². The second kappa shape index (κ2) is 6.81. The Hall–Kier alpha value is -3.67. The molecule has 3 aromatic rings. The fourth-order valence-corrected chi connectivity index (χ4v) is 3.25. The van der Waals surface area contributed by atoms with Gasteiger partial charge in [-0.1, -0.05) is 47.6 Å². The molecule has 0 aromatic heterocycles. The van der Waals surface area contributed by atoms with Gasteiger partial charge in [-0.05, 0) is 36.4 Å². The summed E-state index contributed by atoms with van der Waals surface area (Å²) in [6, 6.07) is 22.1. The van der Waals surface area contributed by atoms with Crippen LogP contribution >= 0.6 is 0 Å². The van der Waals surface area contributed by atoms with Crippen LogP contribution in [0.1, 0.15) is 28.4 Å². The van der Waals surface area contributed by atoms with E-state index in [0.29, 0.717) is 17.1 Å². The number of hydrogen-bond acceptors (Lipinski definition) is 4. The minimum absolute atomic E-state index is 0.183. The van der Waals surface area contributed by atoms with Gasteiger partial charge in [0.1, 0.15) is 5.82 Å². The lowest BCUT2D eigenvalue weighted by molar-refractivity contribution is -0.00578. The predicted octanol–water partition coefficient (Wildman–Crippen LogP) is 4.60. The standard InChI is InChI=1S/C22H17FN2O3/c1-22(17-5-3-2-4-6-17)25(19-13-11-18(23)12-14-19)20(24-28-22)15-7-9-16(10-8-15)21(26)27/h2-14H,1H3,(H,26,27). The summed E-state index contributed by atoms with van der Waals surface area (Å²) in [5, 5.41) is 13.4. The van der Waals surface area contributed by atoms with Crippen molar-refractivity contribution in [1.82, 2.24) is 0 Å². The first-order valence-electron chi connectivity index (χ1n) is 8.70. The maximum absolute atomic E-state index is 13.5. The zero-order valence-electron chi connectivity index (χ0n) is 15.0. The van der Waals surface area contributed by atoms with Crippen molar-refractivity contribution in [2.75, 3.05) is 4.90 Å². The number of carboxylic acids is 1. The molecular formula is C22H17FN2O3. The fraction of sp³-hybridized carbons (Fsp3) is 0.0909. The second-order valence-corrected chi connectivity index (χ2v) is 6.55. The van der Waals surface area contributed by atoms with Crippen molar-refractivity contribution in [2.45, 2.75) is 12.6 Å². The average molecular weight is 376 g/mol. The summed E-state index contributed by atoms with van der Waals surface area (Å²) in [5.74, 6) is -0.829. The van der Waals surface area contributed by atoms with Gasteiger partial charge in [-0.15, -0.1) is 0 Å². The quantitative estimate of drug-likeness (QED) is 0.723. The molecule has 1 heterocycles. The van der Waals surface area contributed by atoms with Crippen LogP contribution in [0.15, 0.2) is 84.0 Å². The van der Waals surface area contributed by atoms with E-state index in [1.165, 1.54) is 24.3 Å². The highest BCUT2D eigenvalue weighted by atomic mass is 19.1. The first-order valence-corrected chi connectivity index (χ1v) is 8.70. The van der Waals surface area contributed by atoms with E-state index in [4.69, 9.17) is 9.94 Å². The van der Waals surface area contributed by atoms with E-state index < -0.39 is 11.7 Å². The lowest BCUT2D eigenvalue weighted by atomic mass is 10.0. The third-order valence-corrected chi connectivity index (χ3v) is 4.73. The molecule has 0 saturated heterocycles. The smallest absolute Gasteiger partial charge is 0.335 e. The van der Waals surface area contributed by atoms with Gasteiger partial charge in [0.25, 0.3) is 0 Å². The molecule has 1 aliphatic heterocycles. The average Bonchev–Trinajstić information content (AvgIpc) is 3.08. The van der Waals surface area contributed by atoms with E-state index in [0.717, 1.165) is 5.56 Å². The van der Waals surface area contributed by atoms with Gasteiger partial charge >= 0.3 is 5.97 Å². The highest BCUT2D eigenvalue weighted by Gasteiger charge is 2.45. The number of nitrogens with zero attached hydrogens (tertiary/aromatic N) is 2. The molecule has 1 N–H and O–H groups in total. The summed E-state index contributed by atoms with van der Waals surface area (Å²) in [5.41, 5.74) is 1.50. The number of oxime groups is 1. The molecule has 0 spiro atoms. The second-order valence-electron chi connectivity index (χ2n) is 6.55. The van der Waals surface area contributed by atoms with E-state index in [1.807, 2.05) is 42.2 Å². The maximum Gasteiger partial charge on any atom is 0.335 e. The minimum atomic E-state index is -0.999. The number of amidine groups is 1. The Bertz CT molecular complexity index is 1030. The van der Waals surface area contributed by atoms with Crippen LogP contribution in [0.4, 0.5) is 10.1 Å². The number of rotatable bonds is 4. The number of halogens is 1. The van der Waals surface area contributed by atoms with Crippen molar-refractivity contribution in [3.05, 3.63) is 101 Å². The van der Waals surface area contributed by atoms with Crippen LogP contribution in [0.2, 0.25) is 0 Å². The van der Waals surface area contributed by atoms with Crippen LogP contribution in [0, 0.1) is 5.82 Å². The van der Waals surface area contributed by atoms with Crippen LogP contribution < -0.4 is 4.90 Å². The number of hydrogen-bond donors (Lipinski definition) is 1. The van der Waals surface area contributed by atoms with E-state index in [9.17, 15) is 9.18 Å². The predicted molar refractivity (Wildman–Crippen MR) is 104 cm³/mol. The molecule has 3 aromatic carbocycles. The number of anilines is 1. The van der Waals surface area contributed by atoms with Crippen molar-refractivity contribution in [1.29, 1.82) is 0 Å². The van der Waals surface area contributed by atoms with Gasteiger partial charge in [0.15, 0.2) is 5.84 Å². The van der Waals surface area contributed by atoms with Gasteiger partial charge in [-0.3, -0.25) is 4.90 Å². The lowest BCUT2D eigenvalue weighted by Gasteiger charge is -2.34. The third kappa shape index (κ3) is 2.99. The third-order valence-electron chi connectivity index (χ3n) is 4.73. The SMILES string of the molecule is CC1(c2ccccc2)ON=C(c2ccc(C(=O)O)cc2)N1c1ccc(F)cc1. The first-order chi connectivity index (χ1) is 13.5. The Morgan fingerprint density at radius 2 is 1.64 bits per heavy atom. The summed E-state index contributed by atoms with van der Waals surface area (Å²) < 4.78 is 13.5. The molecule has 0 aliphatic carbocycles. The van der Waals surface area contributed by atoms with Gasteiger partial charge in [0.2, 0.25) is 5.72 Å². The highest BCUT2D eigenvalue weighted by Crippen LogP contribution is 2.40. The molecule has 0 saturated carbocycles. The van der Waals surface area contributed by atoms with Gasteiger partial charge in [0, 0.05) is 23.7 Å². The lowest BCUT2D eigenvalue weighted by Crippen LogP contribution is -2.44. The van der Waals surface area contributed by atoms with Gasteiger partial charge < -0.3 is 9.94 Å². The molecule has 5 nitrogen and oxygen atoms in total. The van der Waals surface area contributed by atoms with Crippen LogP contribution in [0.3, 0.4) is 0 Å². The summed E-state index contributed by atoms with van der Waals surface area (Å²) in [4.78, 5) is 18.9. The molecule has 1 atom stereocenters. The summed E-state index contributed by atoms with van der Waals surface area (Å²) in [6.07, 6.45) is 0. The fourth-order valence-electron chi connectivity index (χ4n) is 3.25. The highest BCUT2D eigenvalue weighted by molar-refractivity contribution is 6.11. The van der Waals surface area contributed by atoms with Gasteiger partial charge in [0.05, 0.1) is 5.56 Å². The van der Waals surface area contributed by atoms with Crippen molar-refractivity contribution in [3.63, 3.8) is 0 Å². The molecule has 6 heteroatoms. The zero-order valence-corrected chi connectivity index (χ0v) is 15.0. The zero-order chi connectivity index (χ0) is 19.7. The Kier molecular flexibility index (Phi) is 4.31. The van der Waals surface area contributed by atoms with Crippen LogP contribution in [-0.4, -0.2) is 16.9 Å². The molecule has 1 unspecified atom stereocenters. The van der Waals surface area contributed by atoms with Crippen molar-refractivity contribution < 1.29 is 19.1 Å². The number of carboxylic acid groups (broad SMARTS) is 1.